The van der Waals surface area contributed by atoms with Crippen LogP contribution < -0.4 is 0 Å². The van der Waals surface area contributed by atoms with Crippen molar-refractivity contribution in [1.29, 1.82) is 0 Å². The lowest BCUT2D eigenvalue weighted by Gasteiger charge is -2.11. The minimum Gasteiger partial charge on any atom is -0.456 e. The van der Waals surface area contributed by atoms with Crippen molar-refractivity contribution in [3.63, 3.8) is 0 Å². The summed E-state index contributed by atoms with van der Waals surface area (Å²) in [5, 5.41) is 7.02. The van der Waals surface area contributed by atoms with E-state index in [9.17, 15) is 0 Å². The van der Waals surface area contributed by atoms with Crippen molar-refractivity contribution in [2.75, 3.05) is 0 Å². The molecule has 3 heteroatoms. The first-order chi connectivity index (χ1) is 22.8. The smallest absolute Gasteiger partial charge is 0.159 e. The maximum absolute atomic E-state index is 6.89. The van der Waals surface area contributed by atoms with Crippen molar-refractivity contribution in [3.8, 4) is 27.9 Å². The number of rotatable bonds is 2. The number of benzene rings is 7. The maximum Gasteiger partial charge on any atom is 0.159 e. The molecule has 0 amide bonds. The number of furan rings is 2. The van der Waals surface area contributed by atoms with Crippen LogP contribution in [0.15, 0.2) is 148 Å². The molecule has 0 saturated heterocycles. The van der Waals surface area contributed by atoms with Gasteiger partial charge in [0.15, 0.2) is 5.58 Å². The molecule has 0 N–H and O–H groups in total. The van der Waals surface area contributed by atoms with Crippen molar-refractivity contribution < 1.29 is 8.83 Å². The molecule has 0 aliphatic heterocycles. The predicted molar refractivity (Wildman–Crippen MR) is 189 cm³/mol. The fourth-order valence-corrected chi connectivity index (χ4v) is 8.08. The minimum absolute atomic E-state index is 0.878. The van der Waals surface area contributed by atoms with Crippen LogP contribution in [0.25, 0.3) is 93.6 Å². The van der Waals surface area contributed by atoms with E-state index < -0.39 is 0 Å². The summed E-state index contributed by atoms with van der Waals surface area (Å²) in [5.41, 5.74) is 14.8. The van der Waals surface area contributed by atoms with E-state index in [1.54, 1.807) is 0 Å². The zero-order valence-corrected chi connectivity index (χ0v) is 24.7. The van der Waals surface area contributed by atoms with Gasteiger partial charge in [-0.1, -0.05) is 103 Å². The van der Waals surface area contributed by atoms with Gasteiger partial charge in [0.2, 0.25) is 0 Å². The minimum atomic E-state index is 0.878. The second kappa shape index (κ2) is 8.77. The highest BCUT2D eigenvalue weighted by atomic mass is 16.3. The van der Waals surface area contributed by atoms with Gasteiger partial charge < -0.3 is 13.4 Å². The van der Waals surface area contributed by atoms with Gasteiger partial charge in [-0.15, -0.1) is 0 Å². The summed E-state index contributed by atoms with van der Waals surface area (Å²) in [5.74, 6) is 0. The van der Waals surface area contributed by atoms with Crippen LogP contribution in [0.1, 0.15) is 11.1 Å². The third kappa shape index (κ3) is 3.11. The second-order valence-electron chi connectivity index (χ2n) is 12.4. The standard InChI is InChI=1S/C43H25NO2/c1-2-10-27-25(9-1)23-35-29(27)21-22-32-30-11-3-5-15-36(30)44(42(32)35)37-16-7-14-33-31-20-19-26(24-40(31)46-43(33)37)28-13-8-18-39-41(28)34-12-4-6-17-38(34)45-39/h1-22,24H,23H2. The largest absolute Gasteiger partial charge is 0.456 e. The Hall–Kier alpha value is -6.06. The van der Waals surface area contributed by atoms with Crippen molar-refractivity contribution >= 4 is 65.7 Å². The highest BCUT2D eigenvalue weighted by Crippen LogP contribution is 2.46. The van der Waals surface area contributed by atoms with Crippen molar-refractivity contribution in [3.05, 3.63) is 151 Å². The van der Waals surface area contributed by atoms with E-state index in [0.717, 1.165) is 67.1 Å². The Morgan fingerprint density at radius 2 is 1.24 bits per heavy atom. The summed E-state index contributed by atoms with van der Waals surface area (Å²) in [6.07, 6.45) is 0.923. The number of nitrogens with zero attached hydrogens (tertiary/aromatic N) is 1. The first kappa shape index (κ1) is 24.3. The number of hydrogen-bond donors (Lipinski definition) is 0. The van der Waals surface area contributed by atoms with E-state index in [1.165, 1.54) is 44.1 Å². The predicted octanol–water partition coefficient (Wildman–Crippen LogP) is 11.8. The van der Waals surface area contributed by atoms with E-state index >= 15 is 0 Å². The van der Waals surface area contributed by atoms with Gasteiger partial charge in [-0.05, 0) is 69.8 Å². The molecule has 11 rings (SSSR count). The summed E-state index contributed by atoms with van der Waals surface area (Å²) in [6.45, 7) is 0. The monoisotopic (exact) mass is 587 g/mol. The number of fused-ring (bicyclic) bond motifs is 13. The van der Waals surface area contributed by atoms with E-state index in [-0.39, 0.29) is 0 Å². The van der Waals surface area contributed by atoms with Gasteiger partial charge in [0.05, 0.1) is 16.7 Å². The van der Waals surface area contributed by atoms with E-state index in [4.69, 9.17) is 8.83 Å². The van der Waals surface area contributed by atoms with Crippen molar-refractivity contribution in [2.24, 2.45) is 0 Å². The van der Waals surface area contributed by atoms with Crippen molar-refractivity contribution in [1.82, 2.24) is 4.57 Å². The maximum atomic E-state index is 6.89. The topological polar surface area (TPSA) is 31.2 Å². The quantitative estimate of drug-likeness (QED) is 0.201. The van der Waals surface area contributed by atoms with Crippen molar-refractivity contribution in [2.45, 2.75) is 6.42 Å². The van der Waals surface area contributed by atoms with Crippen LogP contribution in [-0.4, -0.2) is 4.57 Å². The molecule has 1 aliphatic rings. The lowest BCUT2D eigenvalue weighted by molar-refractivity contribution is 0.666. The fraction of sp³-hybridized carbons (Fsp3) is 0.0233. The summed E-state index contributed by atoms with van der Waals surface area (Å²) in [7, 11) is 0. The Balaban J connectivity index is 1.18. The molecule has 0 spiro atoms. The molecule has 0 unspecified atom stereocenters. The van der Waals surface area contributed by atoms with Gasteiger partial charge in [0.1, 0.15) is 16.7 Å². The second-order valence-corrected chi connectivity index (χ2v) is 12.4. The Kier molecular flexibility index (Phi) is 4.63. The number of para-hydroxylation sites is 3. The third-order valence-electron chi connectivity index (χ3n) is 10.0. The van der Waals surface area contributed by atoms with E-state index in [0.29, 0.717) is 0 Å². The lowest BCUT2D eigenvalue weighted by Crippen LogP contribution is -1.97. The summed E-state index contributed by atoms with van der Waals surface area (Å²) in [6, 6.07) is 49.9. The highest BCUT2D eigenvalue weighted by Gasteiger charge is 2.26. The molecule has 0 atom stereocenters. The van der Waals surface area contributed by atoms with Gasteiger partial charge in [0, 0.05) is 38.7 Å². The Morgan fingerprint density at radius 3 is 2.22 bits per heavy atom. The van der Waals surface area contributed by atoms with Gasteiger partial charge in [-0.2, -0.15) is 0 Å². The average molecular weight is 588 g/mol. The molecule has 1 aliphatic carbocycles. The molecule has 0 fully saturated rings. The molecule has 214 valence electrons. The van der Waals surface area contributed by atoms with E-state index in [1.807, 2.05) is 18.2 Å². The molecule has 7 aromatic carbocycles. The molecular weight excluding hydrogens is 562 g/mol. The molecule has 3 nitrogen and oxygen atoms in total. The number of hydrogen-bond acceptors (Lipinski definition) is 2. The van der Waals surface area contributed by atoms with Crippen LogP contribution in [-0.2, 0) is 6.42 Å². The van der Waals surface area contributed by atoms with Gasteiger partial charge >= 0.3 is 0 Å². The lowest BCUT2D eigenvalue weighted by atomic mass is 9.98. The summed E-state index contributed by atoms with van der Waals surface area (Å²) in [4.78, 5) is 0. The SMILES string of the molecule is c1ccc2c(c1)Cc1c-2ccc2c3ccccc3n(-c3cccc4c3oc3cc(-c5cccc6oc7ccccc7c56)ccc34)c12. The normalized spacial score (nSPS) is 12.7. The fourth-order valence-electron chi connectivity index (χ4n) is 8.08. The molecule has 3 heterocycles. The molecule has 10 aromatic rings. The van der Waals surface area contributed by atoms with Gasteiger partial charge in [-0.25, -0.2) is 0 Å². The summed E-state index contributed by atoms with van der Waals surface area (Å²) >= 11 is 0. The van der Waals surface area contributed by atoms with Crippen LogP contribution in [0, 0.1) is 0 Å². The van der Waals surface area contributed by atoms with Crippen LogP contribution in [0.5, 0.6) is 0 Å². The first-order valence-electron chi connectivity index (χ1n) is 15.8. The zero-order valence-electron chi connectivity index (χ0n) is 24.7. The van der Waals surface area contributed by atoms with Crippen LogP contribution in [0.4, 0.5) is 0 Å². The van der Waals surface area contributed by atoms with Crippen LogP contribution in [0.3, 0.4) is 0 Å². The van der Waals surface area contributed by atoms with E-state index in [2.05, 4.69) is 126 Å². The molecule has 3 aromatic heterocycles. The molecule has 0 radical (unpaired) electrons. The average Bonchev–Trinajstić information content (AvgIpc) is 3.86. The third-order valence-corrected chi connectivity index (χ3v) is 10.0. The molecule has 0 saturated carbocycles. The van der Waals surface area contributed by atoms with Gasteiger partial charge in [-0.3, -0.25) is 0 Å². The van der Waals surface area contributed by atoms with Gasteiger partial charge in [0.25, 0.3) is 0 Å². The zero-order chi connectivity index (χ0) is 29.9. The molecular formula is C43H25NO2. The Morgan fingerprint density at radius 1 is 0.478 bits per heavy atom. The molecule has 46 heavy (non-hydrogen) atoms. The first-order valence-corrected chi connectivity index (χ1v) is 15.8. The Bertz CT molecular complexity index is 2900. The molecule has 0 bridgehead atoms. The number of aromatic nitrogens is 1. The Labute approximate surface area is 263 Å². The van der Waals surface area contributed by atoms with Crippen LogP contribution >= 0.6 is 0 Å². The highest BCUT2D eigenvalue weighted by molar-refractivity contribution is 6.16. The van der Waals surface area contributed by atoms with Crippen LogP contribution in [0.2, 0.25) is 0 Å². The summed E-state index contributed by atoms with van der Waals surface area (Å²) < 4.78 is 15.5.